The van der Waals surface area contributed by atoms with E-state index in [1.54, 1.807) is 12.4 Å². The van der Waals surface area contributed by atoms with Crippen LogP contribution in [-0.2, 0) is 4.79 Å². The molecule has 0 aliphatic carbocycles. The summed E-state index contributed by atoms with van der Waals surface area (Å²) in [7, 11) is 0. The fourth-order valence-electron chi connectivity index (χ4n) is 3.61. The van der Waals surface area contributed by atoms with Crippen molar-refractivity contribution in [2.24, 2.45) is 0 Å². The van der Waals surface area contributed by atoms with Gasteiger partial charge in [-0.25, -0.2) is 9.97 Å². The first-order chi connectivity index (χ1) is 14.8. The largest absolute Gasteiger partial charge is 0.484 e. The molecule has 0 spiro atoms. The van der Waals surface area contributed by atoms with E-state index in [0.717, 1.165) is 55.9 Å². The molecule has 2 heterocycles. The first-order valence-corrected chi connectivity index (χ1v) is 10.4. The Morgan fingerprint density at radius 3 is 2.53 bits per heavy atom. The summed E-state index contributed by atoms with van der Waals surface area (Å²) in [5.41, 5.74) is 0. The standard InChI is InChI=1S/C23H27N5O2/c29-22(18-30-21-8-7-19-5-1-2-6-20(19)17-21)24-11-4-12-27-13-15-28(16-14-27)23-25-9-3-10-26-23/h1-3,5-10,17H,4,11-16,18H2,(H,24,29). The minimum Gasteiger partial charge on any atom is -0.484 e. The number of hydrogen-bond acceptors (Lipinski definition) is 6. The number of benzene rings is 2. The van der Waals surface area contributed by atoms with Crippen LogP contribution in [0.2, 0.25) is 0 Å². The highest BCUT2D eigenvalue weighted by molar-refractivity contribution is 5.84. The van der Waals surface area contributed by atoms with E-state index in [1.807, 2.05) is 42.5 Å². The molecule has 1 saturated heterocycles. The van der Waals surface area contributed by atoms with Gasteiger partial charge in [-0.05, 0) is 41.9 Å². The quantitative estimate of drug-likeness (QED) is 0.580. The molecule has 4 rings (SSSR count). The van der Waals surface area contributed by atoms with Gasteiger partial charge in [0.05, 0.1) is 0 Å². The zero-order valence-electron chi connectivity index (χ0n) is 17.0. The number of aromatic nitrogens is 2. The van der Waals surface area contributed by atoms with Gasteiger partial charge in [0.2, 0.25) is 5.95 Å². The molecule has 1 aliphatic rings. The number of amides is 1. The maximum Gasteiger partial charge on any atom is 0.257 e. The van der Waals surface area contributed by atoms with Crippen LogP contribution in [0.25, 0.3) is 10.8 Å². The third kappa shape index (κ3) is 5.45. The molecule has 0 atom stereocenters. The fraction of sp³-hybridized carbons (Fsp3) is 0.348. The molecule has 30 heavy (non-hydrogen) atoms. The van der Waals surface area contributed by atoms with E-state index >= 15 is 0 Å². The number of carbonyl (C=O) groups is 1. The molecule has 0 radical (unpaired) electrons. The average Bonchev–Trinajstić information content (AvgIpc) is 2.81. The Bertz CT molecular complexity index is 958. The third-order valence-corrected chi connectivity index (χ3v) is 5.27. The van der Waals surface area contributed by atoms with E-state index in [0.29, 0.717) is 12.3 Å². The predicted octanol–water partition coefficient (Wildman–Crippen LogP) is 2.34. The maximum absolute atomic E-state index is 12.1. The molecule has 0 bridgehead atoms. The van der Waals surface area contributed by atoms with Crippen molar-refractivity contribution in [2.45, 2.75) is 6.42 Å². The lowest BCUT2D eigenvalue weighted by atomic mass is 10.1. The van der Waals surface area contributed by atoms with Gasteiger partial charge < -0.3 is 15.0 Å². The number of hydrogen-bond donors (Lipinski definition) is 1. The molecular formula is C23H27N5O2. The van der Waals surface area contributed by atoms with E-state index in [4.69, 9.17) is 4.74 Å². The highest BCUT2D eigenvalue weighted by Crippen LogP contribution is 2.20. The van der Waals surface area contributed by atoms with Crippen molar-refractivity contribution in [3.63, 3.8) is 0 Å². The number of anilines is 1. The first-order valence-electron chi connectivity index (χ1n) is 10.4. The fourth-order valence-corrected chi connectivity index (χ4v) is 3.61. The monoisotopic (exact) mass is 405 g/mol. The Morgan fingerprint density at radius 1 is 0.967 bits per heavy atom. The Hall–Kier alpha value is -3.19. The molecule has 3 aromatic rings. The lowest BCUT2D eigenvalue weighted by Gasteiger charge is -2.34. The summed E-state index contributed by atoms with van der Waals surface area (Å²) in [5.74, 6) is 1.43. The second kappa shape index (κ2) is 10.0. The Morgan fingerprint density at radius 2 is 1.73 bits per heavy atom. The Balaban J connectivity index is 1.11. The molecule has 1 N–H and O–H groups in total. The molecule has 0 saturated carbocycles. The van der Waals surface area contributed by atoms with Gasteiger partial charge in [-0.1, -0.05) is 30.3 Å². The van der Waals surface area contributed by atoms with Gasteiger partial charge in [-0.2, -0.15) is 0 Å². The van der Waals surface area contributed by atoms with Gasteiger partial charge in [-0.15, -0.1) is 0 Å². The predicted molar refractivity (Wildman–Crippen MR) is 118 cm³/mol. The molecule has 156 valence electrons. The molecule has 1 aromatic heterocycles. The molecule has 7 heteroatoms. The van der Waals surface area contributed by atoms with Crippen LogP contribution in [0.1, 0.15) is 6.42 Å². The van der Waals surface area contributed by atoms with Gasteiger partial charge in [0, 0.05) is 45.1 Å². The van der Waals surface area contributed by atoms with Gasteiger partial charge >= 0.3 is 0 Å². The van der Waals surface area contributed by atoms with Gasteiger partial charge in [0.1, 0.15) is 5.75 Å². The second-order valence-electron chi connectivity index (χ2n) is 7.38. The van der Waals surface area contributed by atoms with Crippen molar-refractivity contribution >= 4 is 22.6 Å². The highest BCUT2D eigenvalue weighted by atomic mass is 16.5. The minimum atomic E-state index is -0.0887. The molecule has 1 amide bonds. The average molecular weight is 406 g/mol. The lowest BCUT2D eigenvalue weighted by Crippen LogP contribution is -2.47. The van der Waals surface area contributed by atoms with Crippen LogP contribution in [0.4, 0.5) is 5.95 Å². The summed E-state index contributed by atoms with van der Waals surface area (Å²) >= 11 is 0. The van der Waals surface area contributed by atoms with E-state index in [1.165, 1.54) is 0 Å². The van der Waals surface area contributed by atoms with E-state index in [-0.39, 0.29) is 12.5 Å². The molecule has 1 aliphatic heterocycles. The zero-order valence-corrected chi connectivity index (χ0v) is 17.0. The van der Waals surface area contributed by atoms with Crippen LogP contribution in [0, 0.1) is 0 Å². The van der Waals surface area contributed by atoms with Crippen LogP contribution < -0.4 is 15.0 Å². The van der Waals surface area contributed by atoms with Crippen LogP contribution in [0.15, 0.2) is 60.9 Å². The first kappa shape index (κ1) is 20.1. The van der Waals surface area contributed by atoms with Crippen molar-refractivity contribution in [1.29, 1.82) is 0 Å². The van der Waals surface area contributed by atoms with Crippen molar-refractivity contribution < 1.29 is 9.53 Å². The number of nitrogens with zero attached hydrogens (tertiary/aromatic N) is 4. The van der Waals surface area contributed by atoms with Gasteiger partial charge in [0.15, 0.2) is 6.61 Å². The summed E-state index contributed by atoms with van der Waals surface area (Å²) in [4.78, 5) is 25.3. The Kier molecular flexibility index (Phi) is 6.72. The summed E-state index contributed by atoms with van der Waals surface area (Å²) in [6.45, 7) is 5.48. The van der Waals surface area contributed by atoms with Crippen molar-refractivity contribution in [3.8, 4) is 5.75 Å². The molecule has 1 fully saturated rings. The van der Waals surface area contributed by atoms with E-state index in [9.17, 15) is 4.79 Å². The van der Waals surface area contributed by atoms with Crippen LogP contribution >= 0.6 is 0 Å². The SMILES string of the molecule is O=C(COc1ccc2ccccc2c1)NCCCN1CCN(c2ncccn2)CC1. The molecule has 0 unspecified atom stereocenters. The number of carbonyl (C=O) groups excluding carboxylic acids is 1. The summed E-state index contributed by atoms with van der Waals surface area (Å²) in [6.07, 6.45) is 4.48. The van der Waals surface area contributed by atoms with E-state index in [2.05, 4.69) is 31.2 Å². The smallest absolute Gasteiger partial charge is 0.257 e. The summed E-state index contributed by atoms with van der Waals surface area (Å²) in [6, 6.07) is 15.8. The van der Waals surface area contributed by atoms with Crippen molar-refractivity contribution in [2.75, 3.05) is 50.8 Å². The van der Waals surface area contributed by atoms with Crippen molar-refractivity contribution in [3.05, 3.63) is 60.9 Å². The highest BCUT2D eigenvalue weighted by Gasteiger charge is 2.18. The second-order valence-corrected chi connectivity index (χ2v) is 7.38. The normalized spacial score (nSPS) is 14.6. The maximum atomic E-state index is 12.1. The molecule has 7 nitrogen and oxygen atoms in total. The number of nitrogens with one attached hydrogen (secondary N) is 1. The van der Waals surface area contributed by atoms with Crippen molar-refractivity contribution in [1.82, 2.24) is 20.2 Å². The number of fused-ring (bicyclic) bond motifs is 1. The summed E-state index contributed by atoms with van der Waals surface area (Å²) < 4.78 is 5.64. The van der Waals surface area contributed by atoms with Crippen LogP contribution in [-0.4, -0.2) is 66.7 Å². The third-order valence-electron chi connectivity index (χ3n) is 5.27. The number of rotatable bonds is 8. The molecule has 2 aromatic carbocycles. The minimum absolute atomic E-state index is 0.0358. The topological polar surface area (TPSA) is 70.6 Å². The summed E-state index contributed by atoms with van der Waals surface area (Å²) in [5, 5.41) is 5.21. The number of ether oxygens (including phenoxy) is 1. The lowest BCUT2D eigenvalue weighted by molar-refractivity contribution is -0.123. The van der Waals surface area contributed by atoms with Crippen LogP contribution in [0.3, 0.4) is 0 Å². The van der Waals surface area contributed by atoms with Gasteiger partial charge in [0.25, 0.3) is 5.91 Å². The van der Waals surface area contributed by atoms with Crippen LogP contribution in [0.5, 0.6) is 5.75 Å². The Labute approximate surface area is 176 Å². The molecular weight excluding hydrogens is 378 g/mol. The zero-order chi connectivity index (χ0) is 20.6. The number of piperazine rings is 1. The van der Waals surface area contributed by atoms with E-state index < -0.39 is 0 Å². The van der Waals surface area contributed by atoms with Gasteiger partial charge in [-0.3, -0.25) is 9.69 Å².